The molecule has 2 nitrogen and oxygen atoms in total. The van der Waals surface area contributed by atoms with Crippen LogP contribution in [0.25, 0.3) is 0 Å². The minimum atomic E-state index is 0.194. The maximum Gasteiger partial charge on any atom is 0.128 e. The van der Waals surface area contributed by atoms with Gasteiger partial charge in [-0.1, -0.05) is 30.4 Å². The molecule has 0 atom stereocenters. The van der Waals surface area contributed by atoms with Gasteiger partial charge in [0, 0.05) is 0 Å². The van der Waals surface area contributed by atoms with Crippen molar-refractivity contribution in [1.29, 1.82) is 0 Å². The maximum absolute atomic E-state index is 8.63. The molecule has 0 saturated heterocycles. The molecule has 60 valence electrons. The first-order valence-electron chi connectivity index (χ1n) is 2.85. The van der Waals surface area contributed by atoms with E-state index >= 15 is 0 Å². The lowest BCUT2D eigenvalue weighted by Crippen LogP contribution is -1.94. The van der Waals surface area contributed by atoms with Crippen LogP contribution in [-0.2, 0) is 0 Å². The van der Waals surface area contributed by atoms with Crippen LogP contribution in [-0.4, -0.2) is 9.43 Å². The summed E-state index contributed by atoms with van der Waals surface area (Å²) in [5.74, 6) is 0.322. The van der Waals surface area contributed by atoms with E-state index in [9.17, 15) is 0 Å². The highest BCUT2D eigenvalue weighted by molar-refractivity contribution is 8.10. The second-order valence-electron chi connectivity index (χ2n) is 1.67. The molecule has 0 aliphatic rings. The fourth-order valence-corrected chi connectivity index (χ4v) is 0.428. The fourth-order valence-electron chi connectivity index (χ4n) is 0.428. The monoisotopic (exact) mass is 187 g/mol. The number of thiocarbonyl (C=S) groups is 1. The number of hydrogen-bond donors (Lipinski definition) is 3. The maximum atomic E-state index is 8.63. The SMILES string of the molecule is NC(=S)S.Oc1ccccc1. The summed E-state index contributed by atoms with van der Waals surface area (Å²) >= 11 is 7.65. The molecule has 1 aromatic rings. The van der Waals surface area contributed by atoms with Crippen molar-refractivity contribution < 1.29 is 5.11 Å². The number of benzene rings is 1. The smallest absolute Gasteiger partial charge is 0.128 e. The summed E-state index contributed by atoms with van der Waals surface area (Å²) < 4.78 is 0.194. The van der Waals surface area contributed by atoms with Gasteiger partial charge in [0.05, 0.1) is 0 Å². The van der Waals surface area contributed by atoms with Crippen molar-refractivity contribution in [2.45, 2.75) is 0 Å². The summed E-state index contributed by atoms with van der Waals surface area (Å²) in [4.78, 5) is 0. The number of thiol groups is 1. The van der Waals surface area contributed by atoms with Gasteiger partial charge < -0.3 is 10.8 Å². The van der Waals surface area contributed by atoms with Gasteiger partial charge in [-0.2, -0.15) is 0 Å². The van der Waals surface area contributed by atoms with E-state index in [1.54, 1.807) is 24.3 Å². The third-order valence-corrected chi connectivity index (χ3v) is 0.756. The van der Waals surface area contributed by atoms with Crippen molar-refractivity contribution in [3.8, 4) is 5.75 Å². The third kappa shape index (κ3) is 9.26. The van der Waals surface area contributed by atoms with Gasteiger partial charge in [0.15, 0.2) is 0 Å². The number of nitrogens with two attached hydrogens (primary N) is 1. The lowest BCUT2D eigenvalue weighted by atomic mass is 10.3. The molecule has 0 heterocycles. The average molecular weight is 187 g/mol. The summed E-state index contributed by atoms with van der Waals surface area (Å²) in [5.41, 5.74) is 4.71. The Bertz CT molecular complexity index is 209. The first-order chi connectivity index (χ1) is 5.13. The molecule has 0 radical (unpaired) electrons. The van der Waals surface area contributed by atoms with Crippen molar-refractivity contribution in [3.63, 3.8) is 0 Å². The van der Waals surface area contributed by atoms with Crippen molar-refractivity contribution in [2.75, 3.05) is 0 Å². The third-order valence-electron chi connectivity index (χ3n) is 0.756. The quantitative estimate of drug-likeness (QED) is 0.426. The first kappa shape index (κ1) is 10.3. The van der Waals surface area contributed by atoms with Crippen LogP contribution < -0.4 is 5.73 Å². The summed E-state index contributed by atoms with van der Waals surface area (Å²) in [6.07, 6.45) is 0. The molecule has 0 bridgehead atoms. The van der Waals surface area contributed by atoms with Crippen LogP contribution in [0, 0.1) is 0 Å². The number of rotatable bonds is 0. The van der Waals surface area contributed by atoms with Crippen molar-refractivity contribution >= 4 is 29.2 Å². The predicted molar refractivity (Wildman–Crippen MR) is 53.9 cm³/mol. The summed E-state index contributed by atoms with van der Waals surface area (Å²) in [6, 6.07) is 8.71. The Morgan fingerprint density at radius 3 is 1.91 bits per heavy atom. The zero-order valence-corrected chi connectivity index (χ0v) is 7.48. The molecule has 0 aromatic heterocycles. The number of phenols is 1. The number of para-hydroxylation sites is 1. The van der Waals surface area contributed by atoms with E-state index in [-0.39, 0.29) is 4.32 Å². The zero-order valence-electron chi connectivity index (χ0n) is 5.77. The lowest BCUT2D eigenvalue weighted by Gasteiger charge is -1.82. The van der Waals surface area contributed by atoms with Crippen LogP contribution in [0.2, 0.25) is 0 Å². The summed E-state index contributed by atoms with van der Waals surface area (Å²) in [5, 5.41) is 8.63. The lowest BCUT2D eigenvalue weighted by molar-refractivity contribution is 0.475. The van der Waals surface area contributed by atoms with Crippen LogP contribution in [0.15, 0.2) is 30.3 Å². The first-order valence-corrected chi connectivity index (χ1v) is 3.71. The molecule has 1 aromatic carbocycles. The number of hydrogen-bond acceptors (Lipinski definition) is 2. The Hall–Kier alpha value is -0.740. The van der Waals surface area contributed by atoms with E-state index in [1.165, 1.54) is 0 Å². The van der Waals surface area contributed by atoms with Gasteiger partial charge in [-0.15, -0.1) is 12.6 Å². The molecule has 0 aliphatic carbocycles. The summed E-state index contributed by atoms with van der Waals surface area (Å²) in [7, 11) is 0. The van der Waals surface area contributed by atoms with Crippen LogP contribution in [0.1, 0.15) is 0 Å². The minimum Gasteiger partial charge on any atom is -0.508 e. The van der Waals surface area contributed by atoms with Gasteiger partial charge in [-0.05, 0) is 12.1 Å². The molecule has 0 fully saturated rings. The van der Waals surface area contributed by atoms with E-state index in [2.05, 4.69) is 24.8 Å². The Kier molecular flexibility index (Phi) is 5.60. The largest absolute Gasteiger partial charge is 0.508 e. The van der Waals surface area contributed by atoms with E-state index in [0.29, 0.717) is 5.75 Å². The molecule has 11 heavy (non-hydrogen) atoms. The predicted octanol–water partition coefficient (Wildman–Crippen LogP) is 1.55. The molecule has 0 saturated carbocycles. The van der Waals surface area contributed by atoms with Gasteiger partial charge in [-0.25, -0.2) is 0 Å². The normalized spacial score (nSPS) is 7.73. The second kappa shape index (κ2) is 6.00. The average Bonchev–Trinajstić information content (AvgIpc) is 1.87. The molecule has 0 amide bonds. The standard InChI is InChI=1S/C6H6O.CH3NS2/c7-6-4-2-1-3-5-6;2-1(3)4/h1-5,7H;(H3,2,3,4). The molecular formula is C7H9NOS2. The van der Waals surface area contributed by atoms with Gasteiger partial charge in [0.25, 0.3) is 0 Å². The topological polar surface area (TPSA) is 46.2 Å². The Balaban J connectivity index is 0.000000218. The molecule has 4 heteroatoms. The number of aromatic hydroxyl groups is 1. The van der Waals surface area contributed by atoms with Crippen molar-refractivity contribution in [3.05, 3.63) is 30.3 Å². The highest BCUT2D eigenvalue weighted by Gasteiger charge is 1.74. The van der Waals surface area contributed by atoms with E-state index in [4.69, 9.17) is 10.8 Å². The molecule has 3 N–H and O–H groups in total. The van der Waals surface area contributed by atoms with Gasteiger partial charge in [0.2, 0.25) is 0 Å². The number of phenolic OH excluding ortho intramolecular Hbond substituents is 1. The molecule has 0 aliphatic heterocycles. The Morgan fingerprint density at radius 2 is 1.73 bits per heavy atom. The van der Waals surface area contributed by atoms with Gasteiger partial charge in [0.1, 0.15) is 10.1 Å². The van der Waals surface area contributed by atoms with Gasteiger partial charge >= 0.3 is 0 Å². The highest BCUT2D eigenvalue weighted by atomic mass is 32.1. The molecule has 0 spiro atoms. The Morgan fingerprint density at radius 1 is 1.36 bits per heavy atom. The zero-order chi connectivity index (χ0) is 8.69. The second-order valence-corrected chi connectivity index (χ2v) is 2.90. The molecular weight excluding hydrogens is 178 g/mol. The Labute approximate surface area is 76.5 Å². The van der Waals surface area contributed by atoms with E-state index in [0.717, 1.165) is 0 Å². The minimum absolute atomic E-state index is 0.194. The van der Waals surface area contributed by atoms with Crippen molar-refractivity contribution in [2.24, 2.45) is 5.73 Å². The fraction of sp³-hybridized carbons (Fsp3) is 0. The highest BCUT2D eigenvalue weighted by Crippen LogP contribution is 2.02. The van der Waals surface area contributed by atoms with Crippen LogP contribution in [0.3, 0.4) is 0 Å². The van der Waals surface area contributed by atoms with E-state index in [1.807, 2.05) is 6.07 Å². The van der Waals surface area contributed by atoms with Crippen LogP contribution >= 0.6 is 24.8 Å². The summed E-state index contributed by atoms with van der Waals surface area (Å²) in [6.45, 7) is 0. The van der Waals surface area contributed by atoms with E-state index < -0.39 is 0 Å². The molecule has 0 unspecified atom stereocenters. The van der Waals surface area contributed by atoms with Gasteiger partial charge in [-0.3, -0.25) is 0 Å². The van der Waals surface area contributed by atoms with Crippen molar-refractivity contribution in [1.82, 2.24) is 0 Å². The van der Waals surface area contributed by atoms with Crippen LogP contribution in [0.4, 0.5) is 0 Å². The molecule has 1 rings (SSSR count). The van der Waals surface area contributed by atoms with Crippen LogP contribution in [0.5, 0.6) is 5.75 Å².